The van der Waals surface area contributed by atoms with Gasteiger partial charge < -0.3 is 5.32 Å². The fourth-order valence-electron chi connectivity index (χ4n) is 3.50. The SMILES string of the molecule is CC(NCCC(F)(F)F)C1CC2CCC1C2. The van der Waals surface area contributed by atoms with Crippen LogP contribution in [0, 0.1) is 17.8 Å². The van der Waals surface area contributed by atoms with Crippen LogP contribution in [-0.4, -0.2) is 18.8 Å². The summed E-state index contributed by atoms with van der Waals surface area (Å²) in [5.41, 5.74) is 0. The average molecular weight is 235 g/mol. The Labute approximate surface area is 94.8 Å². The van der Waals surface area contributed by atoms with E-state index in [-0.39, 0.29) is 12.6 Å². The Bertz CT molecular complexity index is 239. The summed E-state index contributed by atoms with van der Waals surface area (Å²) in [6, 6.07) is 0.248. The van der Waals surface area contributed by atoms with Crippen molar-refractivity contribution in [3.8, 4) is 0 Å². The summed E-state index contributed by atoms with van der Waals surface area (Å²) >= 11 is 0. The van der Waals surface area contributed by atoms with E-state index in [0.29, 0.717) is 5.92 Å². The Morgan fingerprint density at radius 2 is 2.00 bits per heavy atom. The van der Waals surface area contributed by atoms with Gasteiger partial charge >= 0.3 is 6.18 Å². The fourth-order valence-corrected chi connectivity index (χ4v) is 3.50. The van der Waals surface area contributed by atoms with Crippen molar-refractivity contribution in [3.05, 3.63) is 0 Å². The third-order valence-corrected chi connectivity index (χ3v) is 4.31. The number of rotatable bonds is 4. The van der Waals surface area contributed by atoms with E-state index in [4.69, 9.17) is 0 Å². The summed E-state index contributed by atoms with van der Waals surface area (Å²) in [5, 5.41) is 3.05. The molecule has 4 atom stereocenters. The van der Waals surface area contributed by atoms with Crippen LogP contribution in [0.4, 0.5) is 13.2 Å². The predicted octanol–water partition coefficient (Wildman–Crippen LogP) is 3.35. The molecule has 0 aromatic heterocycles. The minimum atomic E-state index is -4.03. The van der Waals surface area contributed by atoms with Gasteiger partial charge in [-0.3, -0.25) is 0 Å². The van der Waals surface area contributed by atoms with Crippen molar-refractivity contribution in [2.45, 2.75) is 51.2 Å². The van der Waals surface area contributed by atoms with Crippen molar-refractivity contribution in [2.24, 2.45) is 17.8 Å². The monoisotopic (exact) mass is 235 g/mol. The first kappa shape index (κ1) is 12.2. The van der Waals surface area contributed by atoms with Gasteiger partial charge in [-0.15, -0.1) is 0 Å². The number of alkyl halides is 3. The zero-order valence-corrected chi connectivity index (χ0v) is 9.69. The highest BCUT2D eigenvalue weighted by molar-refractivity contribution is 4.93. The Morgan fingerprint density at radius 3 is 2.50 bits per heavy atom. The van der Waals surface area contributed by atoms with Crippen LogP contribution in [0.3, 0.4) is 0 Å². The van der Waals surface area contributed by atoms with Gasteiger partial charge in [0, 0.05) is 12.6 Å². The van der Waals surface area contributed by atoms with Crippen LogP contribution in [0.25, 0.3) is 0 Å². The van der Waals surface area contributed by atoms with Crippen LogP contribution in [0.1, 0.15) is 39.0 Å². The topological polar surface area (TPSA) is 12.0 Å². The summed E-state index contributed by atoms with van der Waals surface area (Å²) in [5.74, 6) is 2.26. The molecular formula is C12H20F3N. The van der Waals surface area contributed by atoms with Crippen LogP contribution in [0.5, 0.6) is 0 Å². The second kappa shape index (κ2) is 4.55. The molecule has 0 aliphatic heterocycles. The Hall–Kier alpha value is -0.250. The molecule has 0 saturated heterocycles. The molecule has 0 amide bonds. The third-order valence-electron chi connectivity index (χ3n) is 4.31. The highest BCUT2D eigenvalue weighted by Gasteiger charge is 2.41. The zero-order valence-electron chi connectivity index (χ0n) is 9.69. The summed E-state index contributed by atoms with van der Waals surface area (Å²) in [4.78, 5) is 0. The molecule has 1 nitrogen and oxygen atoms in total. The lowest BCUT2D eigenvalue weighted by atomic mass is 9.84. The van der Waals surface area contributed by atoms with E-state index in [2.05, 4.69) is 5.32 Å². The van der Waals surface area contributed by atoms with Gasteiger partial charge in [-0.05, 0) is 43.9 Å². The Morgan fingerprint density at radius 1 is 1.25 bits per heavy atom. The molecule has 2 saturated carbocycles. The maximum atomic E-state index is 12.0. The van der Waals surface area contributed by atoms with E-state index in [1.54, 1.807) is 0 Å². The van der Waals surface area contributed by atoms with Gasteiger partial charge in [0.05, 0.1) is 6.42 Å². The van der Waals surface area contributed by atoms with E-state index in [1.807, 2.05) is 6.92 Å². The molecule has 0 heterocycles. The number of fused-ring (bicyclic) bond motifs is 2. The molecule has 4 heteroatoms. The van der Waals surface area contributed by atoms with E-state index in [1.165, 1.54) is 25.7 Å². The van der Waals surface area contributed by atoms with Crippen molar-refractivity contribution < 1.29 is 13.2 Å². The van der Waals surface area contributed by atoms with Gasteiger partial charge in [-0.25, -0.2) is 0 Å². The highest BCUT2D eigenvalue weighted by Crippen LogP contribution is 2.49. The minimum absolute atomic E-state index is 0.0680. The highest BCUT2D eigenvalue weighted by atomic mass is 19.4. The molecule has 1 N–H and O–H groups in total. The largest absolute Gasteiger partial charge is 0.390 e. The standard InChI is InChI=1S/C12H20F3N/c1-8(16-5-4-12(13,14)15)11-7-9-2-3-10(11)6-9/h8-11,16H,2-7H2,1H3. The van der Waals surface area contributed by atoms with Crippen LogP contribution in [0.15, 0.2) is 0 Å². The van der Waals surface area contributed by atoms with Crippen molar-refractivity contribution in [3.63, 3.8) is 0 Å². The molecule has 94 valence electrons. The Balaban J connectivity index is 1.70. The molecule has 2 fully saturated rings. The van der Waals surface area contributed by atoms with Crippen LogP contribution >= 0.6 is 0 Å². The number of halogens is 3. The van der Waals surface area contributed by atoms with Crippen LogP contribution in [0.2, 0.25) is 0 Å². The van der Waals surface area contributed by atoms with Gasteiger partial charge in [-0.2, -0.15) is 13.2 Å². The van der Waals surface area contributed by atoms with Gasteiger partial charge in [0.2, 0.25) is 0 Å². The first-order chi connectivity index (χ1) is 7.46. The summed E-state index contributed by atoms with van der Waals surface area (Å²) < 4.78 is 36.0. The predicted molar refractivity (Wildman–Crippen MR) is 57.1 cm³/mol. The molecule has 2 aliphatic carbocycles. The van der Waals surface area contributed by atoms with Crippen molar-refractivity contribution >= 4 is 0 Å². The first-order valence-electron chi connectivity index (χ1n) is 6.26. The number of hydrogen-bond acceptors (Lipinski definition) is 1. The lowest BCUT2D eigenvalue weighted by molar-refractivity contribution is -0.133. The van der Waals surface area contributed by atoms with E-state index in [9.17, 15) is 13.2 Å². The second-order valence-corrected chi connectivity index (χ2v) is 5.45. The fraction of sp³-hybridized carbons (Fsp3) is 1.00. The van der Waals surface area contributed by atoms with Gasteiger partial charge in [0.15, 0.2) is 0 Å². The average Bonchev–Trinajstić information content (AvgIpc) is 2.76. The smallest absolute Gasteiger partial charge is 0.314 e. The summed E-state index contributed by atoms with van der Waals surface area (Å²) in [6.45, 7) is 2.11. The van der Waals surface area contributed by atoms with Gasteiger partial charge in [-0.1, -0.05) is 6.42 Å². The molecule has 2 bridgehead atoms. The van der Waals surface area contributed by atoms with Crippen molar-refractivity contribution in [1.29, 1.82) is 0 Å². The molecule has 0 aromatic rings. The van der Waals surface area contributed by atoms with Crippen LogP contribution in [-0.2, 0) is 0 Å². The third kappa shape index (κ3) is 2.90. The molecule has 16 heavy (non-hydrogen) atoms. The van der Waals surface area contributed by atoms with Crippen molar-refractivity contribution in [1.82, 2.24) is 5.32 Å². The van der Waals surface area contributed by atoms with Gasteiger partial charge in [0.25, 0.3) is 0 Å². The quantitative estimate of drug-likeness (QED) is 0.788. The van der Waals surface area contributed by atoms with E-state index < -0.39 is 12.6 Å². The molecule has 2 rings (SSSR count). The number of nitrogens with one attached hydrogen (secondary N) is 1. The molecule has 2 aliphatic rings. The number of hydrogen-bond donors (Lipinski definition) is 1. The lowest BCUT2D eigenvalue weighted by Crippen LogP contribution is -2.38. The molecular weight excluding hydrogens is 215 g/mol. The normalized spacial score (nSPS) is 35.6. The molecule has 4 unspecified atom stereocenters. The lowest BCUT2D eigenvalue weighted by Gasteiger charge is -2.28. The molecule has 0 spiro atoms. The maximum Gasteiger partial charge on any atom is 0.390 e. The van der Waals surface area contributed by atoms with E-state index in [0.717, 1.165) is 11.8 Å². The first-order valence-corrected chi connectivity index (χ1v) is 6.26. The Kier molecular flexibility index (Phi) is 3.48. The molecule has 0 radical (unpaired) electrons. The summed E-state index contributed by atoms with van der Waals surface area (Å²) in [7, 11) is 0. The van der Waals surface area contributed by atoms with Crippen LogP contribution < -0.4 is 5.32 Å². The second-order valence-electron chi connectivity index (χ2n) is 5.45. The zero-order chi connectivity index (χ0) is 11.8. The maximum absolute atomic E-state index is 12.0. The van der Waals surface area contributed by atoms with E-state index >= 15 is 0 Å². The molecule has 0 aromatic carbocycles. The summed E-state index contributed by atoms with van der Waals surface area (Å²) in [6.07, 6.45) is 0.442. The van der Waals surface area contributed by atoms with Gasteiger partial charge in [0.1, 0.15) is 0 Å². The minimum Gasteiger partial charge on any atom is -0.314 e. The van der Waals surface area contributed by atoms with Crippen molar-refractivity contribution in [2.75, 3.05) is 6.54 Å².